The number of hydrogen-bond acceptors (Lipinski definition) is 1. The summed E-state index contributed by atoms with van der Waals surface area (Å²) in [4.78, 5) is 4.15. The Morgan fingerprint density at radius 3 is 2.19 bits per heavy atom. The topological polar surface area (TPSA) is 12.9 Å². The van der Waals surface area contributed by atoms with Gasteiger partial charge in [0.05, 0.1) is 0 Å². The molecule has 1 heterocycles. The molecule has 0 aliphatic carbocycles. The van der Waals surface area contributed by atoms with Crippen LogP contribution in [0.2, 0.25) is 0 Å². The predicted octanol–water partition coefficient (Wildman–Crippen LogP) is 2.11. The second-order valence-electron chi connectivity index (χ2n) is 2.81. The Hall–Kier alpha value is -0.873. The number of rotatable bonds is 0. The Kier molecular flexibility index (Phi) is 6.29. The van der Waals surface area contributed by atoms with E-state index in [9.17, 15) is 0 Å². The van der Waals surface area contributed by atoms with Gasteiger partial charge in [-0.3, -0.25) is 16.8 Å². The van der Waals surface area contributed by atoms with Crippen LogP contribution in [0.15, 0.2) is 30.5 Å². The van der Waals surface area contributed by atoms with Crippen molar-refractivity contribution in [3.63, 3.8) is 0 Å². The molecule has 0 unspecified atom stereocenters. The van der Waals surface area contributed by atoms with Gasteiger partial charge in [0.2, 0.25) is 0 Å². The molecule has 1 aromatic carbocycles. The van der Waals surface area contributed by atoms with E-state index in [1.807, 2.05) is 6.07 Å². The first kappa shape index (κ1) is 15.1. The number of benzene rings is 1. The summed E-state index contributed by atoms with van der Waals surface area (Å²) in [6.45, 7) is 0. The van der Waals surface area contributed by atoms with Gasteiger partial charge in [0.15, 0.2) is 0 Å². The zero-order valence-electron chi connectivity index (χ0n) is 7.97. The quantitative estimate of drug-likeness (QED) is 0.353. The van der Waals surface area contributed by atoms with Gasteiger partial charge in [0, 0.05) is 48.3 Å². The van der Waals surface area contributed by atoms with Crippen LogP contribution in [-0.2, 0) is 42.1 Å². The molecule has 0 N–H and O–H groups in total. The van der Waals surface area contributed by atoms with Crippen molar-refractivity contribution in [2.45, 2.75) is 0 Å². The molecule has 0 bridgehead atoms. The fraction of sp³-hybridized carbons (Fsp3) is 0. The van der Waals surface area contributed by atoms with Gasteiger partial charge in [-0.15, -0.1) is 23.3 Å². The van der Waals surface area contributed by atoms with Crippen LogP contribution in [0.25, 0.3) is 10.9 Å². The molecule has 0 atom stereocenters. The van der Waals surface area contributed by atoms with Crippen LogP contribution in [-0.4, -0.2) is 4.98 Å². The molecular weight excluding hydrogens is 560 g/mol. The molecule has 0 fully saturated rings. The molecule has 0 aliphatic rings. The minimum atomic E-state index is 0. The van der Waals surface area contributed by atoms with E-state index in [2.05, 4.69) is 16.8 Å². The van der Waals surface area contributed by atoms with Crippen molar-refractivity contribution in [1.29, 1.82) is 0 Å². The predicted molar refractivity (Wildman–Crippen MR) is 54.2 cm³/mol. The summed E-state index contributed by atoms with van der Waals surface area (Å²) in [5, 5.41) is 0.833. The SMILES string of the molecule is [C-]#Cc1ccc(C#[C-])c2ncccc12.[Pt].[Pt]. The summed E-state index contributed by atoms with van der Waals surface area (Å²) in [5.41, 5.74) is 2.02. The first-order chi connectivity index (χ1) is 6.86. The smallest absolute Gasteiger partial charge is 0.0255 e. The maximum Gasteiger partial charge on any atom is 0.0255 e. The standard InChI is InChI=1S/C13H5N.2Pt/c1-3-10-7-8-11(4-2)13-12(10)6-5-9-14-13;;/h5-9H;;/q-2;;. The van der Waals surface area contributed by atoms with E-state index in [4.69, 9.17) is 12.8 Å². The molecule has 3 heteroatoms. The first-order valence-corrected chi connectivity index (χ1v) is 4.10. The van der Waals surface area contributed by atoms with Gasteiger partial charge in [-0.25, -0.2) is 0 Å². The number of fused-ring (bicyclic) bond motifs is 1. The summed E-state index contributed by atoms with van der Waals surface area (Å²) < 4.78 is 0. The Bertz CT molecular complexity index is 524. The van der Waals surface area contributed by atoms with Crippen LogP contribution in [0.3, 0.4) is 0 Å². The van der Waals surface area contributed by atoms with Crippen LogP contribution in [0.4, 0.5) is 0 Å². The number of hydrogen-bond donors (Lipinski definition) is 0. The Balaban J connectivity index is 0.00000112. The zero-order valence-corrected chi connectivity index (χ0v) is 12.5. The van der Waals surface area contributed by atoms with Crippen LogP contribution in [0, 0.1) is 24.7 Å². The molecule has 0 saturated carbocycles. The van der Waals surface area contributed by atoms with Gasteiger partial charge in [0.25, 0.3) is 0 Å². The normalized spacial score (nSPS) is 8.12. The second kappa shape index (κ2) is 6.65. The third-order valence-electron chi connectivity index (χ3n) is 2.04. The van der Waals surface area contributed by atoms with E-state index in [1.165, 1.54) is 0 Å². The van der Waals surface area contributed by atoms with Gasteiger partial charge >= 0.3 is 0 Å². The van der Waals surface area contributed by atoms with Crippen molar-refractivity contribution in [3.05, 3.63) is 54.4 Å². The molecule has 0 radical (unpaired) electrons. The van der Waals surface area contributed by atoms with E-state index in [1.54, 1.807) is 24.4 Å². The van der Waals surface area contributed by atoms with Gasteiger partial charge in [0.1, 0.15) is 0 Å². The molecule has 0 aliphatic heterocycles. The van der Waals surface area contributed by atoms with E-state index >= 15 is 0 Å². The van der Waals surface area contributed by atoms with Crippen molar-refractivity contribution >= 4 is 10.9 Å². The van der Waals surface area contributed by atoms with Crippen LogP contribution >= 0.6 is 0 Å². The monoisotopic (exact) mass is 565 g/mol. The fourth-order valence-corrected chi connectivity index (χ4v) is 1.38. The first-order valence-electron chi connectivity index (χ1n) is 4.10. The van der Waals surface area contributed by atoms with Gasteiger partial charge < -0.3 is 12.8 Å². The van der Waals surface area contributed by atoms with Gasteiger partial charge in [-0.1, -0.05) is 11.5 Å². The van der Waals surface area contributed by atoms with Crippen molar-refractivity contribution in [2.75, 3.05) is 0 Å². The second-order valence-corrected chi connectivity index (χ2v) is 2.81. The van der Waals surface area contributed by atoms with Gasteiger partial charge in [-0.2, -0.15) is 0 Å². The van der Waals surface area contributed by atoms with E-state index < -0.39 is 0 Å². The van der Waals surface area contributed by atoms with Crippen molar-refractivity contribution in [3.8, 4) is 11.8 Å². The van der Waals surface area contributed by atoms with E-state index in [-0.39, 0.29) is 42.1 Å². The van der Waals surface area contributed by atoms with Crippen LogP contribution < -0.4 is 0 Å². The molecule has 1 nitrogen and oxygen atoms in total. The number of pyridine rings is 1. The third kappa shape index (κ3) is 2.62. The molecule has 0 spiro atoms. The average Bonchev–Trinajstić information content (AvgIpc) is 2.27. The molecule has 0 saturated heterocycles. The molecule has 0 amide bonds. The maximum atomic E-state index is 7.11. The Morgan fingerprint density at radius 2 is 1.56 bits per heavy atom. The summed E-state index contributed by atoms with van der Waals surface area (Å²) >= 11 is 0. The van der Waals surface area contributed by atoms with Crippen LogP contribution in [0.5, 0.6) is 0 Å². The van der Waals surface area contributed by atoms with Crippen molar-refractivity contribution < 1.29 is 42.1 Å². The van der Waals surface area contributed by atoms with Crippen molar-refractivity contribution in [2.24, 2.45) is 0 Å². The Labute approximate surface area is 124 Å². The minimum absolute atomic E-state index is 0. The fourth-order valence-electron chi connectivity index (χ4n) is 1.38. The third-order valence-corrected chi connectivity index (χ3v) is 2.04. The molecule has 2 rings (SSSR count). The minimum Gasteiger partial charge on any atom is -0.366 e. The van der Waals surface area contributed by atoms with Crippen LogP contribution in [0.1, 0.15) is 11.1 Å². The average molecular weight is 565 g/mol. The molecule has 2 aromatic rings. The van der Waals surface area contributed by atoms with E-state index in [0.717, 1.165) is 5.39 Å². The maximum absolute atomic E-state index is 7.11. The largest absolute Gasteiger partial charge is 0.366 e. The van der Waals surface area contributed by atoms with Gasteiger partial charge in [-0.05, 0) is 11.6 Å². The summed E-state index contributed by atoms with van der Waals surface area (Å²) in [7, 11) is 0. The Morgan fingerprint density at radius 1 is 0.938 bits per heavy atom. The molecule has 1 aromatic heterocycles. The summed E-state index contributed by atoms with van der Waals surface area (Å²) in [5.74, 6) is 4.66. The molecule has 16 heavy (non-hydrogen) atoms. The van der Waals surface area contributed by atoms with E-state index in [0.29, 0.717) is 16.6 Å². The van der Waals surface area contributed by atoms with Crippen molar-refractivity contribution in [1.82, 2.24) is 4.98 Å². The number of nitrogens with zero attached hydrogens (tertiary/aromatic N) is 1. The molecular formula is C13H5NPt2-2. The number of aromatic nitrogens is 1. The molecule has 84 valence electrons. The summed E-state index contributed by atoms with van der Waals surface area (Å²) in [6.07, 6.45) is 15.9. The summed E-state index contributed by atoms with van der Waals surface area (Å²) in [6, 6.07) is 7.13. The zero-order chi connectivity index (χ0) is 9.97.